The fourth-order valence-corrected chi connectivity index (χ4v) is 2.86. The second-order valence-corrected chi connectivity index (χ2v) is 5.77. The summed E-state index contributed by atoms with van der Waals surface area (Å²) in [7, 11) is 0. The second kappa shape index (κ2) is 5.35. The lowest BCUT2D eigenvalue weighted by Gasteiger charge is -2.02. The van der Waals surface area contributed by atoms with Gasteiger partial charge < -0.3 is 5.11 Å². The van der Waals surface area contributed by atoms with Crippen LogP contribution < -0.4 is 0 Å². The number of hydrogen-bond donors (Lipinski definition) is 1. The van der Waals surface area contributed by atoms with E-state index < -0.39 is 0 Å². The molecule has 0 amide bonds. The van der Waals surface area contributed by atoms with Crippen LogP contribution in [0.4, 0.5) is 4.39 Å². The van der Waals surface area contributed by atoms with Crippen molar-refractivity contribution in [2.24, 2.45) is 0 Å². The van der Waals surface area contributed by atoms with E-state index in [-0.39, 0.29) is 11.6 Å². The zero-order valence-corrected chi connectivity index (χ0v) is 13.3. The Balaban J connectivity index is 1.70. The topological polar surface area (TPSA) is 81.1 Å². The summed E-state index contributed by atoms with van der Waals surface area (Å²) < 4.78 is 16.3. The van der Waals surface area contributed by atoms with E-state index in [0.29, 0.717) is 28.4 Å². The minimum absolute atomic E-state index is 0.147. The van der Waals surface area contributed by atoms with Crippen LogP contribution in [0.15, 0.2) is 61.1 Å². The van der Waals surface area contributed by atoms with E-state index in [1.165, 1.54) is 12.1 Å². The molecule has 0 spiro atoms. The highest BCUT2D eigenvalue weighted by atomic mass is 19.1. The van der Waals surface area contributed by atoms with Crippen LogP contribution in [0.25, 0.3) is 33.8 Å². The predicted molar refractivity (Wildman–Crippen MR) is 92.5 cm³/mol. The highest BCUT2D eigenvalue weighted by Gasteiger charge is 2.14. The largest absolute Gasteiger partial charge is 0.508 e. The SMILES string of the molecule is Oc1cccc(-c2nc3c4cnn(-c5ccc(F)cc5)c4ncn3n2)c1. The molecular formula is C18H11FN6O. The van der Waals surface area contributed by atoms with Gasteiger partial charge in [-0.25, -0.2) is 23.6 Å². The first-order chi connectivity index (χ1) is 12.7. The lowest BCUT2D eigenvalue weighted by Crippen LogP contribution is -1.99. The van der Waals surface area contributed by atoms with Gasteiger partial charge in [-0.1, -0.05) is 12.1 Å². The molecule has 0 atom stereocenters. The second-order valence-electron chi connectivity index (χ2n) is 5.77. The van der Waals surface area contributed by atoms with Gasteiger partial charge in [0.05, 0.1) is 17.3 Å². The molecule has 0 aliphatic rings. The fourth-order valence-electron chi connectivity index (χ4n) is 2.86. The van der Waals surface area contributed by atoms with Gasteiger partial charge in [0, 0.05) is 5.56 Å². The van der Waals surface area contributed by atoms with Crippen LogP contribution in [0, 0.1) is 5.82 Å². The molecule has 8 heteroatoms. The van der Waals surface area contributed by atoms with Gasteiger partial charge in [-0.2, -0.15) is 5.10 Å². The van der Waals surface area contributed by atoms with Crippen molar-refractivity contribution in [1.82, 2.24) is 29.4 Å². The lowest BCUT2D eigenvalue weighted by atomic mass is 10.2. The maximum atomic E-state index is 13.2. The van der Waals surface area contributed by atoms with Gasteiger partial charge in [0.15, 0.2) is 17.1 Å². The molecule has 0 bridgehead atoms. The molecule has 0 radical (unpaired) electrons. The van der Waals surface area contributed by atoms with Gasteiger partial charge >= 0.3 is 0 Å². The molecule has 126 valence electrons. The van der Waals surface area contributed by atoms with Crippen LogP contribution >= 0.6 is 0 Å². The molecule has 0 unspecified atom stereocenters. The normalized spacial score (nSPS) is 11.4. The van der Waals surface area contributed by atoms with E-state index in [1.54, 1.807) is 52.1 Å². The monoisotopic (exact) mass is 346 g/mol. The van der Waals surface area contributed by atoms with Crippen LogP contribution in [0.3, 0.4) is 0 Å². The Bertz CT molecular complexity index is 1260. The van der Waals surface area contributed by atoms with Crippen molar-refractivity contribution >= 4 is 16.7 Å². The van der Waals surface area contributed by atoms with Gasteiger partial charge in [-0.15, -0.1) is 5.10 Å². The summed E-state index contributed by atoms with van der Waals surface area (Å²) in [6.07, 6.45) is 3.21. The van der Waals surface area contributed by atoms with E-state index in [9.17, 15) is 9.50 Å². The first-order valence-corrected chi connectivity index (χ1v) is 7.83. The highest BCUT2D eigenvalue weighted by molar-refractivity contribution is 5.90. The summed E-state index contributed by atoms with van der Waals surface area (Å²) in [5.41, 5.74) is 2.60. The minimum Gasteiger partial charge on any atom is -0.508 e. The third-order valence-electron chi connectivity index (χ3n) is 4.08. The number of fused-ring (bicyclic) bond motifs is 3. The molecule has 5 rings (SSSR count). The van der Waals surface area contributed by atoms with Crippen LogP contribution in [0.1, 0.15) is 0 Å². The van der Waals surface area contributed by atoms with Crippen molar-refractivity contribution < 1.29 is 9.50 Å². The fraction of sp³-hybridized carbons (Fsp3) is 0. The maximum absolute atomic E-state index is 13.2. The standard InChI is InChI=1S/C18H11FN6O/c19-12-4-6-13(7-5-12)25-17-15(9-21-25)18-22-16(23-24(18)10-20-17)11-2-1-3-14(26)8-11/h1-10,26H. The van der Waals surface area contributed by atoms with E-state index in [0.717, 1.165) is 5.39 Å². The molecule has 1 N–H and O–H groups in total. The van der Waals surface area contributed by atoms with Crippen molar-refractivity contribution in [3.8, 4) is 22.8 Å². The van der Waals surface area contributed by atoms with Crippen molar-refractivity contribution in [1.29, 1.82) is 0 Å². The van der Waals surface area contributed by atoms with Gasteiger partial charge in [-0.05, 0) is 36.4 Å². The number of hydrogen-bond acceptors (Lipinski definition) is 5. The Labute approximate surface area is 146 Å². The van der Waals surface area contributed by atoms with Crippen LogP contribution in [-0.4, -0.2) is 34.5 Å². The Morgan fingerprint density at radius 1 is 1.00 bits per heavy atom. The quantitative estimate of drug-likeness (QED) is 0.531. The number of phenols is 1. The maximum Gasteiger partial charge on any atom is 0.182 e. The van der Waals surface area contributed by atoms with Crippen molar-refractivity contribution in [2.75, 3.05) is 0 Å². The molecule has 3 heterocycles. The summed E-state index contributed by atoms with van der Waals surface area (Å²) in [6.45, 7) is 0. The van der Waals surface area contributed by atoms with E-state index in [2.05, 4.69) is 20.2 Å². The average molecular weight is 346 g/mol. The molecule has 0 saturated carbocycles. The van der Waals surface area contributed by atoms with E-state index in [1.807, 2.05) is 6.07 Å². The van der Waals surface area contributed by atoms with Crippen LogP contribution in [0.2, 0.25) is 0 Å². The molecule has 0 fully saturated rings. The molecule has 0 aliphatic heterocycles. The molecule has 3 aromatic heterocycles. The molecule has 5 aromatic rings. The first kappa shape index (κ1) is 14.5. The first-order valence-electron chi connectivity index (χ1n) is 7.83. The summed E-state index contributed by atoms with van der Waals surface area (Å²) in [4.78, 5) is 8.97. The molecule has 0 aliphatic carbocycles. The number of aromatic hydroxyl groups is 1. The smallest absolute Gasteiger partial charge is 0.182 e. The van der Waals surface area contributed by atoms with Gasteiger partial charge in [0.2, 0.25) is 0 Å². The van der Waals surface area contributed by atoms with Gasteiger partial charge in [0.1, 0.15) is 17.9 Å². The number of nitrogens with zero attached hydrogens (tertiary/aromatic N) is 6. The summed E-state index contributed by atoms with van der Waals surface area (Å²) >= 11 is 0. The highest BCUT2D eigenvalue weighted by Crippen LogP contribution is 2.24. The third-order valence-corrected chi connectivity index (χ3v) is 4.08. The van der Waals surface area contributed by atoms with Crippen LogP contribution in [0.5, 0.6) is 5.75 Å². The zero-order chi connectivity index (χ0) is 17.7. The number of benzene rings is 2. The van der Waals surface area contributed by atoms with E-state index in [4.69, 9.17) is 0 Å². The molecule has 7 nitrogen and oxygen atoms in total. The third kappa shape index (κ3) is 2.20. The summed E-state index contributed by atoms with van der Waals surface area (Å²) in [5.74, 6) is 0.312. The van der Waals surface area contributed by atoms with Crippen molar-refractivity contribution in [3.05, 3.63) is 66.9 Å². The van der Waals surface area contributed by atoms with Gasteiger partial charge in [-0.3, -0.25) is 0 Å². The number of phenolic OH excluding ortho intramolecular Hbond substituents is 1. The summed E-state index contributed by atoms with van der Waals surface area (Å²) in [6, 6.07) is 12.8. The van der Waals surface area contributed by atoms with Gasteiger partial charge in [0.25, 0.3) is 0 Å². The minimum atomic E-state index is -0.311. The Morgan fingerprint density at radius 3 is 2.65 bits per heavy atom. The molecule has 0 saturated heterocycles. The van der Waals surface area contributed by atoms with Crippen molar-refractivity contribution in [2.45, 2.75) is 0 Å². The summed E-state index contributed by atoms with van der Waals surface area (Å²) in [5, 5.41) is 19.1. The number of aromatic nitrogens is 6. The predicted octanol–water partition coefficient (Wildman–Crippen LogP) is 2.97. The van der Waals surface area contributed by atoms with Crippen LogP contribution in [-0.2, 0) is 0 Å². The zero-order valence-electron chi connectivity index (χ0n) is 13.3. The average Bonchev–Trinajstić information content (AvgIpc) is 3.26. The Kier molecular flexibility index (Phi) is 2.99. The number of halogens is 1. The molecular weight excluding hydrogens is 335 g/mol. The molecule has 2 aromatic carbocycles. The number of rotatable bonds is 2. The van der Waals surface area contributed by atoms with Crippen molar-refractivity contribution in [3.63, 3.8) is 0 Å². The Hall–Kier alpha value is -3.81. The van der Waals surface area contributed by atoms with E-state index >= 15 is 0 Å². The molecule has 26 heavy (non-hydrogen) atoms. The lowest BCUT2D eigenvalue weighted by molar-refractivity contribution is 0.475. The Morgan fingerprint density at radius 2 is 1.85 bits per heavy atom.